The Labute approximate surface area is 92.2 Å². The summed E-state index contributed by atoms with van der Waals surface area (Å²) in [6.07, 6.45) is 0. The van der Waals surface area contributed by atoms with Gasteiger partial charge in [0.2, 0.25) is 0 Å². The summed E-state index contributed by atoms with van der Waals surface area (Å²) in [6.45, 7) is 0. The maximum Gasteiger partial charge on any atom is 0.481 e. The molecule has 0 aliphatic rings. The summed E-state index contributed by atoms with van der Waals surface area (Å²) in [4.78, 5) is 23.4. The van der Waals surface area contributed by atoms with Gasteiger partial charge in [-0.15, -0.1) is 0 Å². The Kier molecular flexibility index (Phi) is 4.20. The third kappa shape index (κ3) is 3.83. The predicted octanol–water partition coefficient (Wildman–Crippen LogP) is 1.45. The van der Waals surface area contributed by atoms with E-state index < -0.39 is 13.5 Å². The molecule has 1 rings (SSSR count). The van der Waals surface area contributed by atoms with Gasteiger partial charge in [0.05, 0.1) is 0 Å². The molecule has 84 valence electrons. The summed E-state index contributed by atoms with van der Waals surface area (Å²) in [5, 5.41) is 0. The van der Waals surface area contributed by atoms with Gasteiger partial charge in [-0.2, -0.15) is 0 Å². The van der Waals surface area contributed by atoms with E-state index in [2.05, 4.69) is 14.9 Å². The summed E-state index contributed by atoms with van der Waals surface area (Å²) < 4.78 is 15.1. The van der Waals surface area contributed by atoms with Crippen LogP contribution in [0.15, 0.2) is 30.3 Å². The second kappa shape index (κ2) is 5.42. The van der Waals surface area contributed by atoms with E-state index in [-0.39, 0.29) is 0 Å². The van der Waals surface area contributed by atoms with Crippen LogP contribution in [0.25, 0.3) is 4.95 Å². The number of benzene rings is 1. The summed E-state index contributed by atoms with van der Waals surface area (Å²) in [7, 11) is -2.91. The van der Waals surface area contributed by atoms with Crippen molar-refractivity contribution in [2.75, 3.05) is 7.11 Å². The van der Waals surface area contributed by atoms with E-state index in [0.717, 1.165) is 7.11 Å². The SMILES string of the molecule is COP(=O)(O)C#[N+]NC(=O)c1ccccc1. The molecule has 0 fully saturated rings. The van der Waals surface area contributed by atoms with E-state index in [4.69, 9.17) is 4.89 Å². The minimum absolute atomic E-state index is 0.387. The number of hydrogen-bond acceptors (Lipinski definition) is 3. The highest BCUT2D eigenvalue weighted by Crippen LogP contribution is 2.38. The van der Waals surface area contributed by atoms with Crippen LogP contribution in [0.5, 0.6) is 0 Å². The Bertz CT molecular complexity index is 477. The van der Waals surface area contributed by atoms with E-state index in [1.165, 1.54) is 0 Å². The number of nitrogens with zero attached hydrogens (tertiary/aromatic N) is 1. The fourth-order valence-electron chi connectivity index (χ4n) is 0.834. The van der Waals surface area contributed by atoms with Crippen LogP contribution in [0.4, 0.5) is 0 Å². The molecular formula is C9H10N2O4P+. The highest BCUT2D eigenvalue weighted by Gasteiger charge is 2.23. The largest absolute Gasteiger partial charge is 0.481 e. The van der Waals surface area contributed by atoms with Gasteiger partial charge in [0.25, 0.3) is 0 Å². The molecule has 1 amide bonds. The van der Waals surface area contributed by atoms with Gasteiger partial charge in [0.15, 0.2) is 0 Å². The summed E-state index contributed by atoms with van der Waals surface area (Å²) in [6, 6.07) is 8.31. The van der Waals surface area contributed by atoms with Gasteiger partial charge in [-0.3, -0.25) is 9.32 Å². The zero-order chi connectivity index (χ0) is 12.0. The van der Waals surface area contributed by atoms with Gasteiger partial charge >= 0.3 is 19.3 Å². The summed E-state index contributed by atoms with van der Waals surface area (Å²) in [5.74, 6) is 1.30. The lowest BCUT2D eigenvalue weighted by atomic mass is 10.2. The lowest BCUT2D eigenvalue weighted by Crippen LogP contribution is -2.14. The lowest BCUT2D eigenvalue weighted by molar-refractivity contribution is 0.0969. The zero-order valence-electron chi connectivity index (χ0n) is 8.45. The minimum atomic E-state index is -3.95. The molecular weight excluding hydrogens is 231 g/mol. The molecule has 0 radical (unpaired) electrons. The van der Waals surface area contributed by atoms with Crippen molar-refractivity contribution < 1.29 is 18.8 Å². The topological polar surface area (TPSA) is 80.0 Å². The van der Waals surface area contributed by atoms with E-state index in [1.807, 2.05) is 0 Å². The molecule has 0 spiro atoms. The second-order valence-electron chi connectivity index (χ2n) is 2.72. The Morgan fingerprint density at radius 2 is 2.12 bits per heavy atom. The van der Waals surface area contributed by atoms with Crippen LogP contribution in [-0.4, -0.2) is 17.9 Å². The number of hydrogen-bond donors (Lipinski definition) is 2. The lowest BCUT2D eigenvalue weighted by Gasteiger charge is -1.91. The molecule has 1 unspecified atom stereocenters. The monoisotopic (exact) mass is 241 g/mol. The second-order valence-corrected chi connectivity index (χ2v) is 4.33. The van der Waals surface area contributed by atoms with Gasteiger partial charge in [-0.1, -0.05) is 18.2 Å². The molecule has 0 bridgehead atoms. The van der Waals surface area contributed by atoms with Gasteiger partial charge < -0.3 is 4.89 Å². The quantitative estimate of drug-likeness (QED) is 0.606. The molecule has 1 aromatic carbocycles. The van der Waals surface area contributed by atoms with Crippen LogP contribution in [0.3, 0.4) is 0 Å². The van der Waals surface area contributed by atoms with Gasteiger partial charge in [-0.05, 0) is 17.6 Å². The summed E-state index contributed by atoms with van der Waals surface area (Å²) in [5.41, 5.74) is 2.44. The first kappa shape index (κ1) is 12.4. The number of carbonyl (C=O) groups is 1. The van der Waals surface area contributed by atoms with Crippen molar-refractivity contribution in [3.8, 4) is 5.81 Å². The molecule has 16 heavy (non-hydrogen) atoms. The normalized spacial score (nSPS) is 13.1. The molecule has 0 saturated heterocycles. The fourth-order valence-corrected chi connectivity index (χ4v) is 1.09. The number of carbonyl (C=O) groups excluding carboxylic acids is 1. The van der Waals surface area contributed by atoms with Crippen molar-refractivity contribution in [2.24, 2.45) is 0 Å². The molecule has 0 saturated carbocycles. The fraction of sp³-hybridized carbons (Fsp3) is 0.111. The Morgan fingerprint density at radius 1 is 1.50 bits per heavy atom. The van der Waals surface area contributed by atoms with Crippen molar-refractivity contribution >= 4 is 13.5 Å². The number of amides is 1. The van der Waals surface area contributed by atoms with Crippen molar-refractivity contribution in [1.82, 2.24) is 5.43 Å². The van der Waals surface area contributed by atoms with Gasteiger partial charge in [0, 0.05) is 12.7 Å². The minimum Gasteiger partial charge on any atom is -0.311 e. The first-order chi connectivity index (χ1) is 7.55. The van der Waals surface area contributed by atoms with Crippen molar-refractivity contribution in [1.29, 1.82) is 0 Å². The van der Waals surface area contributed by atoms with Crippen LogP contribution >= 0.6 is 7.60 Å². The molecule has 1 atom stereocenters. The zero-order valence-corrected chi connectivity index (χ0v) is 9.35. The van der Waals surface area contributed by atoms with Crippen molar-refractivity contribution in [3.05, 3.63) is 40.8 Å². The molecule has 1 aromatic rings. The average Bonchev–Trinajstić information content (AvgIpc) is 2.30. The van der Waals surface area contributed by atoms with Crippen molar-refractivity contribution in [2.45, 2.75) is 0 Å². The predicted molar refractivity (Wildman–Crippen MR) is 58.0 cm³/mol. The van der Waals surface area contributed by atoms with E-state index in [1.54, 1.807) is 36.1 Å². The molecule has 2 N–H and O–H groups in total. The van der Waals surface area contributed by atoms with Crippen LogP contribution < -0.4 is 5.43 Å². The average molecular weight is 241 g/mol. The molecule has 7 heteroatoms. The Morgan fingerprint density at radius 3 is 2.69 bits per heavy atom. The maximum atomic E-state index is 11.4. The van der Waals surface area contributed by atoms with Crippen LogP contribution in [0.2, 0.25) is 0 Å². The summed E-state index contributed by atoms with van der Waals surface area (Å²) >= 11 is 0. The third-order valence-electron chi connectivity index (χ3n) is 1.62. The Hall–Kier alpha value is -1.67. The van der Waals surface area contributed by atoms with Crippen LogP contribution in [0.1, 0.15) is 10.4 Å². The molecule has 0 aromatic heterocycles. The highest BCUT2D eigenvalue weighted by atomic mass is 31.2. The highest BCUT2D eigenvalue weighted by molar-refractivity contribution is 7.58. The number of rotatable bonds is 2. The first-order valence-corrected chi connectivity index (χ1v) is 5.84. The van der Waals surface area contributed by atoms with Crippen LogP contribution in [-0.2, 0) is 9.09 Å². The molecule has 0 aliphatic heterocycles. The third-order valence-corrected chi connectivity index (χ3v) is 2.46. The maximum absolute atomic E-state index is 11.4. The van der Waals surface area contributed by atoms with E-state index in [9.17, 15) is 9.36 Å². The van der Waals surface area contributed by atoms with Gasteiger partial charge in [-0.25, -0.2) is 4.57 Å². The van der Waals surface area contributed by atoms with E-state index >= 15 is 0 Å². The van der Waals surface area contributed by atoms with Gasteiger partial charge in [0.1, 0.15) is 4.95 Å². The Balaban J connectivity index is 2.64. The number of nitrogens with one attached hydrogen (secondary N) is 1. The van der Waals surface area contributed by atoms with E-state index in [0.29, 0.717) is 5.56 Å². The first-order valence-electron chi connectivity index (χ1n) is 4.26. The molecule has 0 aliphatic carbocycles. The molecule has 0 heterocycles. The molecule has 6 nitrogen and oxygen atoms in total. The van der Waals surface area contributed by atoms with Crippen LogP contribution in [0, 0.1) is 5.81 Å². The smallest absolute Gasteiger partial charge is 0.311 e. The van der Waals surface area contributed by atoms with Crippen molar-refractivity contribution in [3.63, 3.8) is 0 Å². The standard InChI is InChI=1S/C9H9N2O4P/c1-15-16(13,14)7-10-11-9(12)8-5-3-2-4-6-8/h2-6H,1H3,(H-,11,12,13,14)/p+1.